The molecule has 2 amide bonds. The van der Waals surface area contributed by atoms with Crippen LogP contribution in [0, 0.1) is 22.0 Å². The summed E-state index contributed by atoms with van der Waals surface area (Å²) in [7, 11) is 0. The van der Waals surface area contributed by atoms with Crippen LogP contribution in [0.2, 0.25) is 0 Å². The molecule has 2 unspecified atom stereocenters. The van der Waals surface area contributed by atoms with Gasteiger partial charge in [0.1, 0.15) is 5.70 Å². The number of ether oxygens (including phenoxy) is 1. The van der Waals surface area contributed by atoms with E-state index in [0.717, 1.165) is 19.5 Å². The van der Waals surface area contributed by atoms with Gasteiger partial charge in [-0.05, 0) is 36.0 Å². The highest BCUT2D eigenvalue weighted by Crippen LogP contribution is 2.35. The molecule has 172 valence electrons. The van der Waals surface area contributed by atoms with Crippen molar-refractivity contribution < 1.29 is 19.2 Å². The lowest BCUT2D eigenvalue weighted by molar-refractivity contribution is -0.384. The topological polar surface area (TPSA) is 96.2 Å². The Morgan fingerprint density at radius 3 is 2.22 bits per heavy atom. The molecule has 0 saturated carbocycles. The Morgan fingerprint density at radius 1 is 1.00 bits per heavy atom. The average molecular weight is 443 g/mol. The maximum Gasteiger partial charge on any atom is 0.277 e. The van der Waals surface area contributed by atoms with Crippen molar-refractivity contribution in [2.24, 2.45) is 11.8 Å². The zero-order valence-electron chi connectivity index (χ0n) is 18.7. The van der Waals surface area contributed by atoms with E-state index in [1.165, 1.54) is 17.0 Å². The first-order valence-corrected chi connectivity index (χ1v) is 11.3. The molecule has 3 aliphatic heterocycles. The van der Waals surface area contributed by atoms with Gasteiger partial charge in [0, 0.05) is 51.4 Å². The van der Waals surface area contributed by atoms with Crippen LogP contribution < -0.4 is 0 Å². The normalized spacial score (nSPS) is 25.1. The highest BCUT2D eigenvalue weighted by atomic mass is 16.6. The Balaban J connectivity index is 1.64. The van der Waals surface area contributed by atoms with Gasteiger partial charge in [-0.1, -0.05) is 13.8 Å². The predicted octanol–water partition coefficient (Wildman–Crippen LogP) is 1.98. The number of rotatable bonds is 6. The van der Waals surface area contributed by atoms with Crippen molar-refractivity contribution in [3.8, 4) is 0 Å². The first-order valence-electron chi connectivity index (χ1n) is 11.3. The number of piperidine rings is 1. The smallest absolute Gasteiger partial charge is 0.277 e. The average Bonchev–Trinajstić information content (AvgIpc) is 3.02. The first-order chi connectivity index (χ1) is 15.3. The molecule has 0 aliphatic carbocycles. The first kappa shape index (κ1) is 22.4. The molecule has 3 heterocycles. The number of nitrogens with zero attached hydrogens (tertiary/aromatic N) is 4. The maximum absolute atomic E-state index is 13.5. The molecule has 0 N–H and O–H groups in total. The van der Waals surface area contributed by atoms with E-state index < -0.39 is 4.92 Å². The summed E-state index contributed by atoms with van der Waals surface area (Å²) in [5.41, 5.74) is 1.29. The third-order valence-corrected chi connectivity index (χ3v) is 6.44. The Kier molecular flexibility index (Phi) is 6.57. The van der Waals surface area contributed by atoms with E-state index in [9.17, 15) is 19.7 Å². The third kappa shape index (κ3) is 4.54. The van der Waals surface area contributed by atoms with Crippen LogP contribution >= 0.6 is 0 Å². The van der Waals surface area contributed by atoms with Gasteiger partial charge in [-0.25, -0.2) is 0 Å². The Morgan fingerprint density at radius 2 is 1.62 bits per heavy atom. The maximum atomic E-state index is 13.5. The summed E-state index contributed by atoms with van der Waals surface area (Å²) in [6.07, 6.45) is 1.08. The number of carbonyl (C=O) groups excluding carboxylic acids is 2. The van der Waals surface area contributed by atoms with E-state index in [0.29, 0.717) is 68.1 Å². The minimum absolute atomic E-state index is 0.0444. The molecule has 1 aromatic carbocycles. The summed E-state index contributed by atoms with van der Waals surface area (Å²) in [6, 6.07) is 5.91. The van der Waals surface area contributed by atoms with Gasteiger partial charge in [0.15, 0.2) is 0 Å². The molecule has 0 aromatic heterocycles. The molecule has 0 bridgehead atoms. The molecule has 2 atom stereocenters. The minimum atomic E-state index is -0.469. The van der Waals surface area contributed by atoms with Crippen LogP contribution in [0.5, 0.6) is 0 Å². The van der Waals surface area contributed by atoms with E-state index in [1.54, 1.807) is 12.1 Å². The van der Waals surface area contributed by atoms with Crippen molar-refractivity contribution >= 4 is 23.1 Å². The number of morpholine rings is 1. The molecule has 0 radical (unpaired) electrons. The van der Waals surface area contributed by atoms with Gasteiger partial charge < -0.3 is 9.64 Å². The summed E-state index contributed by atoms with van der Waals surface area (Å²) in [6.45, 7) is 9.55. The van der Waals surface area contributed by atoms with Gasteiger partial charge >= 0.3 is 0 Å². The van der Waals surface area contributed by atoms with Crippen LogP contribution in [0.15, 0.2) is 30.0 Å². The molecule has 3 aliphatic rings. The molecule has 2 fully saturated rings. The Hall–Kier alpha value is -2.78. The molecule has 4 rings (SSSR count). The predicted molar refractivity (Wildman–Crippen MR) is 119 cm³/mol. The van der Waals surface area contributed by atoms with Gasteiger partial charge in [-0.3, -0.25) is 29.5 Å². The number of nitro benzene ring substituents is 1. The van der Waals surface area contributed by atoms with E-state index in [-0.39, 0.29) is 17.5 Å². The van der Waals surface area contributed by atoms with Gasteiger partial charge in [0.2, 0.25) is 0 Å². The molecular formula is C23H30N4O5. The number of non-ortho nitro benzene ring substituents is 1. The number of benzene rings is 1. The number of likely N-dealkylation sites (tertiary alicyclic amines) is 1. The third-order valence-electron chi connectivity index (χ3n) is 6.44. The van der Waals surface area contributed by atoms with Crippen molar-refractivity contribution in [2.45, 2.75) is 20.3 Å². The number of amides is 2. The molecule has 0 spiro atoms. The fourth-order valence-corrected chi connectivity index (χ4v) is 4.98. The second-order valence-electron chi connectivity index (χ2n) is 9.09. The number of carbonyl (C=O) groups is 2. The van der Waals surface area contributed by atoms with Crippen LogP contribution in [-0.4, -0.2) is 83.9 Å². The minimum Gasteiger partial charge on any atom is -0.379 e. The molecule has 9 heteroatoms. The number of hydrogen-bond donors (Lipinski definition) is 0. The van der Waals surface area contributed by atoms with Crippen molar-refractivity contribution in [3.63, 3.8) is 0 Å². The monoisotopic (exact) mass is 442 g/mol. The standard InChI is InChI=1S/C23H30N4O5/c1-16-13-17(2)15-25(14-16)21-20(18-3-5-19(6-4-18)27(30)31)22(28)26(23(21)29)8-7-24-9-11-32-12-10-24/h3-6,16-17H,7-15H2,1-2H3. The number of imide groups is 1. The van der Waals surface area contributed by atoms with E-state index in [4.69, 9.17) is 4.74 Å². The highest BCUT2D eigenvalue weighted by Gasteiger charge is 2.42. The lowest BCUT2D eigenvalue weighted by atomic mass is 9.91. The summed E-state index contributed by atoms with van der Waals surface area (Å²) < 4.78 is 5.38. The van der Waals surface area contributed by atoms with Gasteiger partial charge in [0.05, 0.1) is 23.7 Å². The van der Waals surface area contributed by atoms with E-state index in [1.807, 2.05) is 4.90 Å². The van der Waals surface area contributed by atoms with E-state index >= 15 is 0 Å². The van der Waals surface area contributed by atoms with Gasteiger partial charge in [0.25, 0.3) is 17.5 Å². The van der Waals surface area contributed by atoms with Crippen LogP contribution in [0.4, 0.5) is 5.69 Å². The Bertz CT molecular complexity index is 913. The van der Waals surface area contributed by atoms with Crippen molar-refractivity contribution in [1.82, 2.24) is 14.7 Å². The number of nitro groups is 1. The largest absolute Gasteiger partial charge is 0.379 e. The SMILES string of the molecule is CC1CC(C)CN(C2=C(c3ccc([N+](=O)[O-])cc3)C(=O)N(CCN3CCOCC3)C2=O)C1. The lowest BCUT2D eigenvalue weighted by Gasteiger charge is -2.37. The van der Waals surface area contributed by atoms with Crippen LogP contribution in [-0.2, 0) is 14.3 Å². The fraction of sp³-hybridized carbons (Fsp3) is 0.565. The highest BCUT2D eigenvalue weighted by molar-refractivity contribution is 6.35. The van der Waals surface area contributed by atoms with Crippen LogP contribution in [0.25, 0.3) is 5.57 Å². The van der Waals surface area contributed by atoms with Crippen molar-refractivity contribution in [3.05, 3.63) is 45.6 Å². The van der Waals surface area contributed by atoms with E-state index in [2.05, 4.69) is 18.7 Å². The van der Waals surface area contributed by atoms with Crippen molar-refractivity contribution in [1.29, 1.82) is 0 Å². The Labute approximate surface area is 187 Å². The molecule has 2 saturated heterocycles. The zero-order valence-corrected chi connectivity index (χ0v) is 18.7. The summed E-state index contributed by atoms with van der Waals surface area (Å²) >= 11 is 0. The second-order valence-corrected chi connectivity index (χ2v) is 9.09. The summed E-state index contributed by atoms with van der Waals surface area (Å²) in [5.74, 6) is 0.236. The summed E-state index contributed by atoms with van der Waals surface area (Å²) in [4.78, 5) is 43.2. The molecule has 32 heavy (non-hydrogen) atoms. The second kappa shape index (κ2) is 9.38. The fourth-order valence-electron chi connectivity index (χ4n) is 4.98. The molecular weight excluding hydrogens is 412 g/mol. The quantitative estimate of drug-likeness (QED) is 0.378. The van der Waals surface area contributed by atoms with Crippen LogP contribution in [0.3, 0.4) is 0 Å². The van der Waals surface area contributed by atoms with Gasteiger partial charge in [-0.2, -0.15) is 0 Å². The van der Waals surface area contributed by atoms with Crippen LogP contribution in [0.1, 0.15) is 25.8 Å². The number of hydrogen-bond acceptors (Lipinski definition) is 7. The summed E-state index contributed by atoms with van der Waals surface area (Å²) in [5, 5.41) is 11.1. The zero-order chi connectivity index (χ0) is 22.8. The van der Waals surface area contributed by atoms with Crippen molar-refractivity contribution in [2.75, 3.05) is 52.5 Å². The van der Waals surface area contributed by atoms with Gasteiger partial charge in [-0.15, -0.1) is 0 Å². The lowest BCUT2D eigenvalue weighted by Crippen LogP contribution is -2.45. The molecule has 9 nitrogen and oxygen atoms in total. The molecule has 1 aromatic rings.